The molecule has 4 amide bonds. The standard InChI is InChI=1S/C19H19ClN4O4/c1-3-19(12-6-8-13(28-2)9-7-12)17(26)24(18(27)23-19)11-15(25)22-14-5-4-10-21-16(14)20/h4-10H,3,11H2,1-2H3,(H,22,25)(H,23,27)/t19-/m0/s1. The molecule has 1 aromatic carbocycles. The minimum atomic E-state index is -1.23. The summed E-state index contributed by atoms with van der Waals surface area (Å²) < 4.78 is 5.13. The number of aromatic nitrogens is 1. The molecule has 1 aromatic heterocycles. The van der Waals surface area contributed by atoms with Gasteiger partial charge in [-0.25, -0.2) is 9.78 Å². The number of methoxy groups -OCH3 is 1. The minimum Gasteiger partial charge on any atom is -0.497 e. The van der Waals surface area contributed by atoms with Gasteiger partial charge in [-0.15, -0.1) is 0 Å². The number of rotatable bonds is 6. The fourth-order valence-electron chi connectivity index (χ4n) is 3.10. The molecular weight excluding hydrogens is 384 g/mol. The number of amides is 4. The van der Waals surface area contributed by atoms with Gasteiger partial charge in [-0.3, -0.25) is 14.5 Å². The first-order chi connectivity index (χ1) is 13.4. The lowest BCUT2D eigenvalue weighted by molar-refractivity contribution is -0.134. The van der Waals surface area contributed by atoms with Gasteiger partial charge in [0.2, 0.25) is 5.91 Å². The summed E-state index contributed by atoms with van der Waals surface area (Å²) in [5, 5.41) is 5.40. The number of nitrogens with zero attached hydrogens (tertiary/aromatic N) is 2. The van der Waals surface area contributed by atoms with Crippen molar-refractivity contribution in [3.8, 4) is 5.75 Å². The lowest BCUT2D eigenvalue weighted by Gasteiger charge is -2.26. The van der Waals surface area contributed by atoms with Crippen LogP contribution in [0.4, 0.5) is 10.5 Å². The van der Waals surface area contributed by atoms with Crippen molar-refractivity contribution in [3.63, 3.8) is 0 Å². The number of ether oxygens (including phenoxy) is 1. The van der Waals surface area contributed by atoms with Gasteiger partial charge in [0.05, 0.1) is 12.8 Å². The van der Waals surface area contributed by atoms with Crippen LogP contribution >= 0.6 is 11.6 Å². The third-order valence-electron chi connectivity index (χ3n) is 4.62. The molecule has 1 atom stereocenters. The fourth-order valence-corrected chi connectivity index (χ4v) is 3.26. The second-order valence-electron chi connectivity index (χ2n) is 6.20. The molecule has 0 spiro atoms. The van der Waals surface area contributed by atoms with Crippen LogP contribution in [0.1, 0.15) is 18.9 Å². The van der Waals surface area contributed by atoms with E-state index in [1.54, 1.807) is 50.4 Å². The second-order valence-corrected chi connectivity index (χ2v) is 6.56. The Morgan fingerprint density at radius 3 is 2.61 bits per heavy atom. The van der Waals surface area contributed by atoms with E-state index in [4.69, 9.17) is 16.3 Å². The van der Waals surface area contributed by atoms with Gasteiger partial charge in [0.15, 0.2) is 5.15 Å². The number of urea groups is 1. The van der Waals surface area contributed by atoms with E-state index >= 15 is 0 Å². The summed E-state index contributed by atoms with van der Waals surface area (Å²) in [6.45, 7) is 1.36. The van der Waals surface area contributed by atoms with Crippen molar-refractivity contribution in [2.75, 3.05) is 19.0 Å². The maximum absolute atomic E-state index is 13.1. The molecule has 8 nitrogen and oxygen atoms in total. The molecular formula is C19H19ClN4O4. The smallest absolute Gasteiger partial charge is 0.325 e. The molecule has 1 fully saturated rings. The van der Waals surface area contributed by atoms with Gasteiger partial charge in [0.1, 0.15) is 17.8 Å². The molecule has 0 radical (unpaired) electrons. The van der Waals surface area contributed by atoms with E-state index in [-0.39, 0.29) is 5.15 Å². The van der Waals surface area contributed by atoms with Gasteiger partial charge < -0.3 is 15.4 Å². The normalized spacial score (nSPS) is 18.8. The Balaban J connectivity index is 1.79. The van der Waals surface area contributed by atoms with Gasteiger partial charge >= 0.3 is 6.03 Å². The number of hydrogen-bond donors (Lipinski definition) is 2. The molecule has 0 unspecified atom stereocenters. The Morgan fingerprint density at radius 1 is 1.29 bits per heavy atom. The van der Waals surface area contributed by atoms with E-state index in [1.165, 1.54) is 6.20 Å². The average Bonchev–Trinajstić information content (AvgIpc) is 2.95. The van der Waals surface area contributed by atoms with Crippen molar-refractivity contribution in [3.05, 3.63) is 53.3 Å². The molecule has 0 aliphatic carbocycles. The van der Waals surface area contributed by atoms with Crippen LogP contribution in [0.3, 0.4) is 0 Å². The van der Waals surface area contributed by atoms with Crippen LogP contribution in [-0.2, 0) is 15.1 Å². The second kappa shape index (κ2) is 7.85. The van der Waals surface area contributed by atoms with Crippen LogP contribution in [0, 0.1) is 0 Å². The van der Waals surface area contributed by atoms with Crippen molar-refractivity contribution in [2.45, 2.75) is 18.9 Å². The number of benzene rings is 1. The first-order valence-electron chi connectivity index (χ1n) is 8.60. The maximum atomic E-state index is 13.1. The van der Waals surface area contributed by atoms with Crippen molar-refractivity contribution >= 4 is 35.1 Å². The summed E-state index contributed by atoms with van der Waals surface area (Å²) >= 11 is 5.92. The third-order valence-corrected chi connectivity index (χ3v) is 4.92. The molecule has 28 heavy (non-hydrogen) atoms. The van der Waals surface area contributed by atoms with Gasteiger partial charge in [-0.05, 0) is 36.2 Å². The number of imide groups is 1. The summed E-state index contributed by atoms with van der Waals surface area (Å²) in [5.41, 5.74) is -0.305. The molecule has 1 aliphatic heterocycles. The fraction of sp³-hybridized carbons (Fsp3) is 0.263. The average molecular weight is 403 g/mol. The predicted octanol–water partition coefficient (Wildman–Crippen LogP) is 2.54. The number of nitrogens with one attached hydrogen (secondary N) is 2. The van der Waals surface area contributed by atoms with Crippen LogP contribution < -0.4 is 15.4 Å². The summed E-state index contributed by atoms with van der Waals surface area (Å²) in [6, 6.07) is 9.43. The highest BCUT2D eigenvalue weighted by atomic mass is 35.5. The van der Waals surface area contributed by atoms with Crippen LogP contribution in [0.2, 0.25) is 5.15 Å². The van der Waals surface area contributed by atoms with Gasteiger partial charge in [0, 0.05) is 6.20 Å². The molecule has 3 rings (SSSR count). The summed E-state index contributed by atoms with van der Waals surface area (Å²) in [6.07, 6.45) is 1.82. The molecule has 146 valence electrons. The highest BCUT2D eigenvalue weighted by molar-refractivity contribution is 6.32. The molecule has 2 heterocycles. The number of carbonyl (C=O) groups excluding carboxylic acids is 3. The molecule has 1 saturated heterocycles. The Labute approximate surface area is 166 Å². The lowest BCUT2D eigenvalue weighted by Crippen LogP contribution is -2.44. The number of anilines is 1. The monoisotopic (exact) mass is 402 g/mol. The van der Waals surface area contributed by atoms with E-state index < -0.39 is 29.9 Å². The van der Waals surface area contributed by atoms with Crippen molar-refractivity contribution < 1.29 is 19.1 Å². The third kappa shape index (κ3) is 3.50. The van der Waals surface area contributed by atoms with Crippen LogP contribution in [0.25, 0.3) is 0 Å². The van der Waals surface area contributed by atoms with Crippen molar-refractivity contribution in [2.24, 2.45) is 0 Å². The quantitative estimate of drug-likeness (QED) is 0.571. The highest BCUT2D eigenvalue weighted by Gasteiger charge is 2.51. The van der Waals surface area contributed by atoms with E-state index in [2.05, 4.69) is 15.6 Å². The van der Waals surface area contributed by atoms with Gasteiger partial charge in [-0.1, -0.05) is 30.7 Å². The Kier molecular flexibility index (Phi) is 5.51. The Morgan fingerprint density at radius 2 is 2.00 bits per heavy atom. The van der Waals surface area contributed by atoms with Crippen LogP contribution in [0.15, 0.2) is 42.6 Å². The zero-order valence-electron chi connectivity index (χ0n) is 15.4. The van der Waals surface area contributed by atoms with Gasteiger partial charge in [-0.2, -0.15) is 0 Å². The highest BCUT2D eigenvalue weighted by Crippen LogP contribution is 2.33. The van der Waals surface area contributed by atoms with Crippen LogP contribution in [0.5, 0.6) is 5.75 Å². The molecule has 9 heteroatoms. The summed E-state index contributed by atoms with van der Waals surface area (Å²) in [4.78, 5) is 42.6. The number of pyridine rings is 1. The number of carbonyl (C=O) groups is 3. The number of halogens is 1. The van der Waals surface area contributed by atoms with E-state index in [1.807, 2.05) is 0 Å². The minimum absolute atomic E-state index is 0.120. The topological polar surface area (TPSA) is 101 Å². The first kappa shape index (κ1) is 19.6. The van der Waals surface area contributed by atoms with Crippen molar-refractivity contribution in [1.29, 1.82) is 0 Å². The molecule has 2 N–H and O–H groups in total. The largest absolute Gasteiger partial charge is 0.497 e. The SMILES string of the molecule is CC[C@@]1(c2ccc(OC)cc2)NC(=O)N(CC(=O)Nc2cccnc2Cl)C1=O. The van der Waals surface area contributed by atoms with Crippen LogP contribution in [-0.4, -0.2) is 41.4 Å². The zero-order chi connectivity index (χ0) is 20.3. The van der Waals surface area contributed by atoms with E-state index in [0.29, 0.717) is 23.4 Å². The maximum Gasteiger partial charge on any atom is 0.325 e. The number of hydrogen-bond acceptors (Lipinski definition) is 5. The molecule has 0 saturated carbocycles. The lowest BCUT2D eigenvalue weighted by atomic mass is 9.87. The van der Waals surface area contributed by atoms with Crippen molar-refractivity contribution in [1.82, 2.24) is 15.2 Å². The van der Waals surface area contributed by atoms with E-state index in [9.17, 15) is 14.4 Å². The summed E-state index contributed by atoms with van der Waals surface area (Å²) in [7, 11) is 1.54. The Hall–Kier alpha value is -3.13. The molecule has 0 bridgehead atoms. The first-order valence-corrected chi connectivity index (χ1v) is 8.98. The van der Waals surface area contributed by atoms with E-state index in [0.717, 1.165) is 4.90 Å². The Bertz CT molecular complexity index is 918. The molecule has 1 aliphatic rings. The molecule has 2 aromatic rings. The predicted molar refractivity (Wildman–Crippen MR) is 103 cm³/mol. The van der Waals surface area contributed by atoms with Gasteiger partial charge in [0.25, 0.3) is 5.91 Å². The zero-order valence-corrected chi connectivity index (χ0v) is 16.1. The summed E-state index contributed by atoms with van der Waals surface area (Å²) in [5.74, 6) is -0.408.